The van der Waals surface area contributed by atoms with E-state index >= 15 is 0 Å². The first-order valence-corrected chi connectivity index (χ1v) is 5.06. The summed E-state index contributed by atoms with van der Waals surface area (Å²) in [4.78, 5) is 11.7. The average molecular weight is 216 g/mol. The summed E-state index contributed by atoms with van der Waals surface area (Å²) in [5.74, 6) is -4.52. The van der Waals surface area contributed by atoms with E-state index < -0.39 is 29.1 Å². The smallest absolute Gasteiger partial charge is 0.315 e. The Morgan fingerprint density at radius 1 is 1.47 bits per heavy atom. The Hall–Kier alpha value is -0.650. The number of hydrogen-bond donors (Lipinski definition) is 2. The van der Waals surface area contributed by atoms with Crippen LogP contribution in [-0.2, 0) is 14.3 Å². The van der Waals surface area contributed by atoms with Crippen molar-refractivity contribution in [1.29, 1.82) is 0 Å². The van der Waals surface area contributed by atoms with Crippen molar-refractivity contribution in [3.8, 4) is 0 Å². The third kappa shape index (κ3) is 1.55. The van der Waals surface area contributed by atoms with Crippen LogP contribution in [0.1, 0.15) is 33.6 Å². The zero-order valence-corrected chi connectivity index (χ0v) is 9.11. The second-order valence-corrected chi connectivity index (χ2v) is 5.21. The number of carbonyl (C=O) groups excluding carboxylic acids is 1. The summed E-state index contributed by atoms with van der Waals surface area (Å²) in [7, 11) is 0. The predicted octanol–water partition coefficient (Wildman–Crippen LogP) is 0.145. The van der Waals surface area contributed by atoms with E-state index in [9.17, 15) is 15.0 Å². The molecule has 0 aromatic carbocycles. The van der Waals surface area contributed by atoms with Crippen LogP contribution in [0.4, 0.5) is 0 Å². The van der Waals surface area contributed by atoms with Gasteiger partial charge in [-0.25, -0.2) is 0 Å². The molecule has 0 bridgehead atoms. The fourth-order valence-electron chi connectivity index (χ4n) is 1.99. The molecule has 2 rings (SSSR count). The van der Waals surface area contributed by atoms with E-state index in [1.54, 1.807) is 20.8 Å². The lowest BCUT2D eigenvalue weighted by Crippen LogP contribution is -2.36. The molecule has 0 spiro atoms. The summed E-state index contributed by atoms with van der Waals surface area (Å²) in [6.07, 6.45) is 0.662. The van der Waals surface area contributed by atoms with Gasteiger partial charge >= 0.3 is 5.97 Å². The molecule has 5 nitrogen and oxygen atoms in total. The molecule has 2 fully saturated rings. The van der Waals surface area contributed by atoms with Crippen molar-refractivity contribution in [3.05, 3.63) is 0 Å². The second-order valence-electron chi connectivity index (χ2n) is 5.21. The van der Waals surface area contributed by atoms with E-state index in [4.69, 9.17) is 9.47 Å². The van der Waals surface area contributed by atoms with Gasteiger partial charge in [0.2, 0.25) is 11.6 Å². The molecule has 3 atom stereocenters. The van der Waals surface area contributed by atoms with Crippen molar-refractivity contribution in [1.82, 2.24) is 0 Å². The maximum Gasteiger partial charge on any atom is 0.315 e. The van der Waals surface area contributed by atoms with Crippen molar-refractivity contribution < 1.29 is 24.5 Å². The molecule has 0 radical (unpaired) electrons. The molecule has 0 aromatic rings. The monoisotopic (exact) mass is 216 g/mol. The van der Waals surface area contributed by atoms with Crippen LogP contribution in [-0.4, -0.2) is 33.4 Å². The van der Waals surface area contributed by atoms with Crippen LogP contribution in [0.25, 0.3) is 0 Å². The van der Waals surface area contributed by atoms with Crippen molar-refractivity contribution in [2.45, 2.75) is 50.8 Å². The van der Waals surface area contributed by atoms with Crippen molar-refractivity contribution in [2.24, 2.45) is 5.92 Å². The standard InChI is InChI=1S/C10H16O5/c1-8(2,3)14-7(11)6-4-5-9(12)10(6,13)15-9/h6,12-13H,4-5H2,1-3H3/t6-,9?,10?/m0/s1. The van der Waals surface area contributed by atoms with Crippen LogP contribution in [0.3, 0.4) is 0 Å². The molecule has 1 saturated carbocycles. The first-order chi connectivity index (χ1) is 6.68. The number of aliphatic hydroxyl groups is 2. The Morgan fingerprint density at radius 2 is 2.07 bits per heavy atom. The maximum absolute atomic E-state index is 11.7. The number of rotatable bonds is 1. The summed E-state index contributed by atoms with van der Waals surface area (Å²) in [5.41, 5.74) is -0.594. The fraction of sp³-hybridized carbons (Fsp3) is 0.900. The van der Waals surface area contributed by atoms with Gasteiger partial charge in [0.15, 0.2) is 0 Å². The minimum atomic E-state index is -1.71. The molecule has 2 N–H and O–H groups in total. The SMILES string of the molecule is CC(C)(C)OC(=O)[C@@H]1CCC2(O)OC12O. The lowest BCUT2D eigenvalue weighted by atomic mass is 10.0. The van der Waals surface area contributed by atoms with Crippen molar-refractivity contribution in [2.75, 3.05) is 0 Å². The molecule has 0 amide bonds. The van der Waals surface area contributed by atoms with E-state index in [-0.39, 0.29) is 6.42 Å². The fourth-order valence-corrected chi connectivity index (χ4v) is 1.99. The van der Waals surface area contributed by atoms with Gasteiger partial charge in [-0.15, -0.1) is 0 Å². The minimum absolute atomic E-state index is 0.271. The van der Waals surface area contributed by atoms with Crippen LogP contribution in [0.15, 0.2) is 0 Å². The highest BCUT2D eigenvalue weighted by Gasteiger charge is 2.79. The van der Waals surface area contributed by atoms with Gasteiger partial charge in [0.05, 0.1) is 0 Å². The van der Waals surface area contributed by atoms with Crippen LogP contribution >= 0.6 is 0 Å². The summed E-state index contributed by atoms with van der Waals surface area (Å²) in [5, 5.41) is 19.3. The van der Waals surface area contributed by atoms with Crippen LogP contribution in [0.5, 0.6) is 0 Å². The topological polar surface area (TPSA) is 79.3 Å². The van der Waals surface area contributed by atoms with Gasteiger partial charge < -0.3 is 19.7 Å². The van der Waals surface area contributed by atoms with Crippen LogP contribution in [0, 0.1) is 5.92 Å². The van der Waals surface area contributed by atoms with E-state index in [0.717, 1.165) is 0 Å². The zero-order valence-electron chi connectivity index (χ0n) is 9.11. The first-order valence-electron chi connectivity index (χ1n) is 5.06. The minimum Gasteiger partial charge on any atom is -0.460 e. The normalized spacial score (nSPS) is 43.7. The first kappa shape index (κ1) is 10.9. The van der Waals surface area contributed by atoms with E-state index in [1.807, 2.05) is 0 Å². The molecule has 15 heavy (non-hydrogen) atoms. The number of epoxide rings is 1. The second kappa shape index (κ2) is 2.72. The molecule has 5 heteroatoms. The summed E-state index contributed by atoms with van der Waals surface area (Å²) < 4.78 is 9.93. The third-order valence-corrected chi connectivity index (χ3v) is 2.78. The van der Waals surface area contributed by atoms with Crippen molar-refractivity contribution in [3.63, 3.8) is 0 Å². The average Bonchev–Trinajstić information content (AvgIpc) is 2.41. The number of ether oxygens (including phenoxy) is 2. The van der Waals surface area contributed by atoms with Gasteiger partial charge in [-0.2, -0.15) is 0 Å². The quantitative estimate of drug-likeness (QED) is 0.481. The van der Waals surface area contributed by atoms with Crippen molar-refractivity contribution >= 4 is 5.97 Å². The maximum atomic E-state index is 11.7. The van der Waals surface area contributed by atoms with Gasteiger partial charge in [-0.1, -0.05) is 0 Å². The Balaban J connectivity index is 2.05. The number of hydrogen-bond acceptors (Lipinski definition) is 5. The molecular formula is C10H16O5. The molecule has 1 aliphatic heterocycles. The predicted molar refractivity (Wildman–Crippen MR) is 49.6 cm³/mol. The van der Waals surface area contributed by atoms with E-state index in [1.165, 1.54) is 0 Å². The highest BCUT2D eigenvalue weighted by Crippen LogP contribution is 2.59. The molecule has 0 aromatic heterocycles. The zero-order chi connectivity index (χ0) is 11.5. The molecule has 1 saturated heterocycles. The van der Waals surface area contributed by atoms with Gasteiger partial charge in [-0.05, 0) is 27.2 Å². The Kier molecular flexibility index (Phi) is 1.97. The Labute approximate surface area is 88.0 Å². The highest BCUT2D eigenvalue weighted by atomic mass is 16.8. The summed E-state index contributed by atoms with van der Waals surface area (Å²) in [6, 6.07) is 0. The van der Waals surface area contributed by atoms with E-state index in [0.29, 0.717) is 6.42 Å². The van der Waals surface area contributed by atoms with Gasteiger partial charge in [0.25, 0.3) is 0 Å². The van der Waals surface area contributed by atoms with Crippen LogP contribution in [0.2, 0.25) is 0 Å². The Morgan fingerprint density at radius 3 is 2.40 bits per heavy atom. The molecule has 2 aliphatic rings. The largest absolute Gasteiger partial charge is 0.460 e. The number of fused-ring (bicyclic) bond motifs is 1. The molecule has 2 unspecified atom stereocenters. The van der Waals surface area contributed by atoms with Gasteiger partial charge in [0.1, 0.15) is 11.5 Å². The lowest BCUT2D eigenvalue weighted by molar-refractivity contribution is -0.169. The molecule has 86 valence electrons. The number of carbonyl (C=O) groups is 1. The molecule has 1 aliphatic carbocycles. The van der Waals surface area contributed by atoms with Crippen LogP contribution < -0.4 is 0 Å². The highest BCUT2D eigenvalue weighted by molar-refractivity contribution is 5.75. The Bertz CT molecular complexity index is 303. The summed E-state index contributed by atoms with van der Waals surface area (Å²) >= 11 is 0. The van der Waals surface area contributed by atoms with Gasteiger partial charge in [-0.3, -0.25) is 4.79 Å². The number of esters is 1. The third-order valence-electron chi connectivity index (χ3n) is 2.78. The lowest BCUT2D eigenvalue weighted by Gasteiger charge is -2.23. The van der Waals surface area contributed by atoms with Gasteiger partial charge in [0, 0.05) is 6.42 Å². The van der Waals surface area contributed by atoms with E-state index in [2.05, 4.69) is 0 Å². The molecule has 1 heterocycles. The molecular weight excluding hydrogens is 200 g/mol. The summed E-state index contributed by atoms with van der Waals surface area (Å²) in [6.45, 7) is 5.26.